The van der Waals surface area contributed by atoms with Crippen LogP contribution in [0.2, 0.25) is 0 Å². The maximum atomic E-state index is 15.0. The molecule has 2 saturated heterocycles. The van der Waals surface area contributed by atoms with E-state index in [1.54, 1.807) is 24.0 Å². The van der Waals surface area contributed by atoms with Gasteiger partial charge >= 0.3 is 0 Å². The lowest BCUT2D eigenvalue weighted by Crippen LogP contribution is -2.49. The molecule has 31 heavy (non-hydrogen) atoms. The van der Waals surface area contributed by atoms with Crippen molar-refractivity contribution in [2.75, 3.05) is 26.7 Å². The molecule has 7 heteroatoms. The van der Waals surface area contributed by atoms with E-state index in [4.69, 9.17) is 4.74 Å². The van der Waals surface area contributed by atoms with Crippen LogP contribution in [-0.2, 0) is 11.3 Å². The number of piperidine rings is 1. The van der Waals surface area contributed by atoms with Crippen molar-refractivity contribution in [3.63, 3.8) is 0 Å². The van der Waals surface area contributed by atoms with Crippen LogP contribution in [0.5, 0.6) is 5.75 Å². The summed E-state index contributed by atoms with van der Waals surface area (Å²) in [5.41, 5.74) is 1.94. The van der Waals surface area contributed by atoms with Crippen molar-refractivity contribution in [2.45, 2.75) is 44.4 Å². The summed E-state index contributed by atoms with van der Waals surface area (Å²) in [7, 11) is 1.39. The summed E-state index contributed by atoms with van der Waals surface area (Å²) in [6.07, 6.45) is -0.0451. The van der Waals surface area contributed by atoms with E-state index in [9.17, 15) is 13.6 Å². The van der Waals surface area contributed by atoms with Gasteiger partial charge in [0, 0.05) is 25.6 Å². The topological polar surface area (TPSA) is 32.8 Å². The normalized spacial score (nSPS) is 24.6. The first-order chi connectivity index (χ1) is 14.9. The van der Waals surface area contributed by atoms with Gasteiger partial charge in [-0.2, -0.15) is 0 Å². The molecule has 3 unspecified atom stereocenters. The number of halogens is 3. The Hall–Kier alpha value is -2.54. The smallest absolute Gasteiger partial charge is 0.240 e. The molecule has 3 atom stereocenters. The molecule has 0 aliphatic carbocycles. The largest absolute Gasteiger partial charge is 0.494 e. The molecule has 2 aliphatic heterocycles. The standard InChI is InChI=1S/C24H27F3N2O2/c1-15-3-4-16(11-19(15)25)13-29-10-8-22(24(29)30)28-9-7-18(21(27)14-28)17-5-6-23(31-2)20(26)12-17/h3-6,11-12,18,21-22H,7-10,13-14H2,1-2H3. The summed E-state index contributed by atoms with van der Waals surface area (Å²) in [5.74, 6) is -1.08. The average Bonchev–Trinajstić information content (AvgIpc) is 3.10. The summed E-state index contributed by atoms with van der Waals surface area (Å²) in [5, 5.41) is 0. The highest BCUT2D eigenvalue weighted by Gasteiger charge is 2.40. The van der Waals surface area contributed by atoms with E-state index in [-0.39, 0.29) is 30.1 Å². The lowest BCUT2D eigenvalue weighted by atomic mass is 9.87. The number of amides is 1. The van der Waals surface area contributed by atoms with Crippen molar-refractivity contribution in [1.29, 1.82) is 0 Å². The highest BCUT2D eigenvalue weighted by Crippen LogP contribution is 2.34. The van der Waals surface area contributed by atoms with E-state index in [2.05, 4.69) is 0 Å². The second-order valence-electron chi connectivity index (χ2n) is 8.45. The first-order valence-electron chi connectivity index (χ1n) is 10.6. The Morgan fingerprint density at radius 3 is 2.55 bits per heavy atom. The molecule has 0 aromatic heterocycles. The maximum absolute atomic E-state index is 15.0. The third kappa shape index (κ3) is 4.42. The lowest BCUT2D eigenvalue weighted by molar-refractivity contribution is -0.133. The van der Waals surface area contributed by atoms with Gasteiger partial charge in [-0.1, -0.05) is 18.2 Å². The Morgan fingerprint density at radius 1 is 1.06 bits per heavy atom. The number of hydrogen-bond acceptors (Lipinski definition) is 3. The Kier molecular flexibility index (Phi) is 6.23. The number of hydrogen-bond donors (Lipinski definition) is 0. The zero-order valence-electron chi connectivity index (χ0n) is 17.8. The maximum Gasteiger partial charge on any atom is 0.240 e. The van der Waals surface area contributed by atoms with Crippen LogP contribution in [0.3, 0.4) is 0 Å². The van der Waals surface area contributed by atoms with E-state index in [0.29, 0.717) is 43.6 Å². The highest BCUT2D eigenvalue weighted by atomic mass is 19.1. The summed E-state index contributed by atoms with van der Waals surface area (Å²) in [6, 6.07) is 9.22. The van der Waals surface area contributed by atoms with Crippen LogP contribution >= 0.6 is 0 Å². The number of nitrogens with zero attached hydrogens (tertiary/aromatic N) is 2. The number of methoxy groups -OCH3 is 1. The number of ether oxygens (including phenoxy) is 1. The summed E-state index contributed by atoms with van der Waals surface area (Å²) >= 11 is 0. The lowest BCUT2D eigenvalue weighted by Gasteiger charge is -2.37. The highest BCUT2D eigenvalue weighted by molar-refractivity contribution is 5.84. The van der Waals surface area contributed by atoms with E-state index >= 15 is 4.39 Å². The molecule has 0 radical (unpaired) electrons. The monoisotopic (exact) mass is 432 g/mol. The fourth-order valence-corrected chi connectivity index (χ4v) is 4.67. The van der Waals surface area contributed by atoms with Crippen LogP contribution in [0, 0.1) is 18.6 Å². The second kappa shape index (κ2) is 8.91. The molecule has 2 aliphatic rings. The number of aryl methyl sites for hydroxylation is 1. The quantitative estimate of drug-likeness (QED) is 0.710. The van der Waals surface area contributed by atoms with Gasteiger partial charge in [0.1, 0.15) is 12.0 Å². The zero-order chi connectivity index (χ0) is 22.1. The van der Waals surface area contributed by atoms with Gasteiger partial charge in [-0.25, -0.2) is 13.2 Å². The van der Waals surface area contributed by atoms with E-state index in [1.165, 1.54) is 25.3 Å². The van der Waals surface area contributed by atoms with Gasteiger partial charge in [-0.05, 0) is 61.2 Å². The van der Waals surface area contributed by atoms with Gasteiger partial charge < -0.3 is 9.64 Å². The van der Waals surface area contributed by atoms with Crippen LogP contribution in [-0.4, -0.2) is 54.7 Å². The Morgan fingerprint density at radius 2 is 1.87 bits per heavy atom. The minimum absolute atomic E-state index is 0.0397. The summed E-state index contributed by atoms with van der Waals surface area (Å²) in [6.45, 7) is 3.34. The van der Waals surface area contributed by atoms with Gasteiger partial charge in [0.15, 0.2) is 11.6 Å². The van der Waals surface area contributed by atoms with Crippen LogP contribution in [0.15, 0.2) is 36.4 Å². The minimum Gasteiger partial charge on any atom is -0.494 e. The molecular formula is C24H27F3N2O2. The van der Waals surface area contributed by atoms with Crippen molar-refractivity contribution in [3.8, 4) is 5.75 Å². The molecule has 2 heterocycles. The van der Waals surface area contributed by atoms with Gasteiger partial charge in [0.2, 0.25) is 5.91 Å². The average molecular weight is 432 g/mol. The van der Waals surface area contributed by atoms with Crippen molar-refractivity contribution in [3.05, 3.63) is 64.7 Å². The number of rotatable bonds is 5. The first-order valence-corrected chi connectivity index (χ1v) is 10.6. The second-order valence-corrected chi connectivity index (χ2v) is 8.45. The molecule has 2 aromatic carbocycles. The minimum atomic E-state index is -1.19. The number of benzene rings is 2. The van der Waals surface area contributed by atoms with Crippen molar-refractivity contribution >= 4 is 5.91 Å². The molecule has 2 aromatic rings. The van der Waals surface area contributed by atoms with E-state index in [1.807, 2.05) is 11.0 Å². The number of alkyl halides is 1. The molecule has 4 nitrogen and oxygen atoms in total. The molecule has 4 rings (SSSR count). The molecule has 1 amide bonds. The van der Waals surface area contributed by atoms with Crippen LogP contribution in [0.1, 0.15) is 35.4 Å². The summed E-state index contributed by atoms with van der Waals surface area (Å²) < 4.78 is 47.8. The fourth-order valence-electron chi connectivity index (χ4n) is 4.67. The van der Waals surface area contributed by atoms with E-state index < -0.39 is 17.9 Å². The number of carbonyl (C=O) groups excluding carboxylic acids is 1. The molecule has 0 saturated carbocycles. The Labute approximate surface area is 180 Å². The Balaban J connectivity index is 1.38. The molecule has 166 valence electrons. The SMILES string of the molecule is COc1ccc(C2CCN(C3CCN(Cc4ccc(C)c(F)c4)C3=O)CC2F)cc1F. The molecule has 2 fully saturated rings. The third-order valence-electron chi connectivity index (χ3n) is 6.50. The van der Waals surface area contributed by atoms with Gasteiger partial charge in [0.05, 0.1) is 13.2 Å². The van der Waals surface area contributed by atoms with Crippen molar-refractivity contribution < 1.29 is 22.7 Å². The van der Waals surface area contributed by atoms with Crippen LogP contribution in [0.4, 0.5) is 13.2 Å². The zero-order valence-corrected chi connectivity index (χ0v) is 17.8. The van der Waals surface area contributed by atoms with Crippen molar-refractivity contribution in [1.82, 2.24) is 9.80 Å². The predicted octanol–water partition coefficient (Wildman–Crippen LogP) is 4.21. The molecular weight excluding hydrogens is 405 g/mol. The summed E-state index contributed by atoms with van der Waals surface area (Å²) in [4.78, 5) is 16.6. The van der Waals surface area contributed by atoms with Crippen LogP contribution < -0.4 is 4.74 Å². The predicted molar refractivity (Wildman–Crippen MR) is 112 cm³/mol. The number of carbonyl (C=O) groups is 1. The van der Waals surface area contributed by atoms with Crippen molar-refractivity contribution in [2.24, 2.45) is 0 Å². The molecule has 0 N–H and O–H groups in total. The van der Waals surface area contributed by atoms with E-state index in [0.717, 1.165) is 5.56 Å². The van der Waals surface area contributed by atoms with Gasteiger partial charge in [-0.15, -0.1) is 0 Å². The molecule has 0 spiro atoms. The van der Waals surface area contributed by atoms with Gasteiger partial charge in [-0.3, -0.25) is 9.69 Å². The fraction of sp³-hybridized carbons (Fsp3) is 0.458. The molecule has 0 bridgehead atoms. The van der Waals surface area contributed by atoms with Gasteiger partial charge in [0.25, 0.3) is 0 Å². The Bertz CT molecular complexity index is 968. The first kappa shape index (κ1) is 21.7. The third-order valence-corrected chi connectivity index (χ3v) is 6.50. The van der Waals surface area contributed by atoms with Crippen LogP contribution in [0.25, 0.3) is 0 Å². The number of likely N-dealkylation sites (tertiary alicyclic amines) is 2.